The van der Waals surface area contributed by atoms with E-state index in [1.165, 1.54) is 12.3 Å². The average molecular weight is 277 g/mol. The van der Waals surface area contributed by atoms with E-state index in [2.05, 4.69) is 9.71 Å². The molecule has 1 aromatic heterocycles. The molecule has 0 bridgehead atoms. The van der Waals surface area contributed by atoms with Crippen molar-refractivity contribution < 1.29 is 8.42 Å². The van der Waals surface area contributed by atoms with Gasteiger partial charge >= 0.3 is 0 Å². The number of nitrogens with two attached hydrogens (primary N) is 1. The zero-order valence-electron chi connectivity index (χ0n) is 10.7. The minimum Gasteiger partial charge on any atom is -0.383 e. The van der Waals surface area contributed by atoms with E-state index in [4.69, 9.17) is 5.73 Å². The first kappa shape index (κ1) is 13.4. The van der Waals surface area contributed by atoms with E-state index >= 15 is 0 Å². The van der Waals surface area contributed by atoms with Gasteiger partial charge in [0.1, 0.15) is 10.7 Å². The number of aromatic nitrogens is 1. The summed E-state index contributed by atoms with van der Waals surface area (Å²) >= 11 is 0. The van der Waals surface area contributed by atoms with Crippen molar-refractivity contribution in [2.24, 2.45) is 0 Å². The highest BCUT2D eigenvalue weighted by Gasteiger charge is 2.15. The third-order valence-corrected chi connectivity index (χ3v) is 4.06. The molecule has 1 aromatic carbocycles. The number of hydrogen-bond donors (Lipinski definition) is 2. The number of aryl methyl sites for hydroxylation is 2. The number of nitrogen functional groups attached to an aromatic ring is 1. The molecule has 0 spiro atoms. The molecule has 0 unspecified atom stereocenters. The summed E-state index contributed by atoms with van der Waals surface area (Å²) < 4.78 is 26.8. The summed E-state index contributed by atoms with van der Waals surface area (Å²) in [5.41, 5.74) is 7.78. The molecule has 2 aromatic rings. The Morgan fingerprint density at radius 2 is 1.79 bits per heavy atom. The second-order valence-electron chi connectivity index (χ2n) is 4.34. The predicted molar refractivity (Wildman–Crippen MR) is 75.4 cm³/mol. The van der Waals surface area contributed by atoms with Crippen LogP contribution in [0.1, 0.15) is 11.1 Å². The first-order valence-corrected chi connectivity index (χ1v) is 7.18. The van der Waals surface area contributed by atoms with Crippen LogP contribution in [-0.2, 0) is 10.0 Å². The molecule has 100 valence electrons. The van der Waals surface area contributed by atoms with Gasteiger partial charge in [-0.3, -0.25) is 4.72 Å². The van der Waals surface area contributed by atoms with Gasteiger partial charge in [-0.05, 0) is 37.6 Å². The Balaban J connectivity index is 2.32. The lowest BCUT2D eigenvalue weighted by molar-refractivity contribution is 0.600. The summed E-state index contributed by atoms with van der Waals surface area (Å²) in [6, 6.07) is 8.60. The SMILES string of the molecule is Cc1ccc(NS(=O)(=O)c2cnc(N)c(C)c2)cc1. The topological polar surface area (TPSA) is 85.1 Å². The Labute approximate surface area is 112 Å². The van der Waals surface area contributed by atoms with Crippen LogP contribution in [0.2, 0.25) is 0 Å². The molecule has 0 aliphatic rings. The number of sulfonamides is 1. The molecule has 0 atom stereocenters. The zero-order chi connectivity index (χ0) is 14.0. The summed E-state index contributed by atoms with van der Waals surface area (Å²) in [7, 11) is -3.63. The van der Waals surface area contributed by atoms with Crippen molar-refractivity contribution in [1.29, 1.82) is 0 Å². The smallest absolute Gasteiger partial charge is 0.263 e. The highest BCUT2D eigenvalue weighted by molar-refractivity contribution is 7.92. The summed E-state index contributed by atoms with van der Waals surface area (Å²) in [4.78, 5) is 3.96. The molecule has 5 nitrogen and oxygen atoms in total. The lowest BCUT2D eigenvalue weighted by atomic mass is 10.2. The molecule has 0 saturated heterocycles. The van der Waals surface area contributed by atoms with Gasteiger partial charge in [-0.15, -0.1) is 0 Å². The molecule has 2 rings (SSSR count). The van der Waals surface area contributed by atoms with E-state index in [0.717, 1.165) is 5.56 Å². The van der Waals surface area contributed by atoms with Gasteiger partial charge in [0.15, 0.2) is 0 Å². The van der Waals surface area contributed by atoms with Crippen molar-refractivity contribution in [2.75, 3.05) is 10.5 Å². The summed E-state index contributed by atoms with van der Waals surface area (Å²) in [5.74, 6) is 0.328. The molecule has 0 saturated carbocycles. The van der Waals surface area contributed by atoms with Gasteiger partial charge in [0, 0.05) is 11.9 Å². The Morgan fingerprint density at radius 3 is 2.37 bits per heavy atom. The van der Waals surface area contributed by atoms with Crippen molar-refractivity contribution >= 4 is 21.5 Å². The van der Waals surface area contributed by atoms with Gasteiger partial charge in [-0.1, -0.05) is 17.7 Å². The van der Waals surface area contributed by atoms with Crippen molar-refractivity contribution in [3.63, 3.8) is 0 Å². The van der Waals surface area contributed by atoms with E-state index in [0.29, 0.717) is 17.1 Å². The van der Waals surface area contributed by atoms with Crippen molar-refractivity contribution in [3.8, 4) is 0 Å². The summed E-state index contributed by atoms with van der Waals surface area (Å²) in [6.07, 6.45) is 1.25. The third-order valence-electron chi connectivity index (χ3n) is 2.71. The number of nitrogens with one attached hydrogen (secondary N) is 1. The number of anilines is 2. The van der Waals surface area contributed by atoms with Crippen LogP contribution in [0.15, 0.2) is 41.4 Å². The number of hydrogen-bond acceptors (Lipinski definition) is 4. The minimum absolute atomic E-state index is 0.0970. The van der Waals surface area contributed by atoms with Gasteiger partial charge in [0.05, 0.1) is 0 Å². The normalized spacial score (nSPS) is 11.3. The lowest BCUT2D eigenvalue weighted by Crippen LogP contribution is -2.13. The van der Waals surface area contributed by atoms with Crippen LogP contribution in [0.25, 0.3) is 0 Å². The first-order chi connectivity index (χ1) is 8.88. The van der Waals surface area contributed by atoms with Gasteiger partial charge in [-0.2, -0.15) is 0 Å². The van der Waals surface area contributed by atoms with Crippen LogP contribution in [0, 0.1) is 13.8 Å². The molecule has 0 fully saturated rings. The maximum Gasteiger partial charge on any atom is 0.263 e. The van der Waals surface area contributed by atoms with Gasteiger partial charge < -0.3 is 5.73 Å². The third kappa shape index (κ3) is 3.03. The fourth-order valence-corrected chi connectivity index (χ4v) is 2.63. The molecular formula is C13H15N3O2S. The number of rotatable bonds is 3. The molecule has 0 aliphatic heterocycles. The second-order valence-corrected chi connectivity index (χ2v) is 6.03. The van der Waals surface area contributed by atoms with Crippen LogP contribution in [0.5, 0.6) is 0 Å². The highest BCUT2D eigenvalue weighted by Crippen LogP contribution is 2.18. The van der Waals surface area contributed by atoms with Crippen LogP contribution < -0.4 is 10.5 Å². The Morgan fingerprint density at radius 1 is 1.16 bits per heavy atom. The zero-order valence-corrected chi connectivity index (χ0v) is 11.5. The number of nitrogens with zero attached hydrogens (tertiary/aromatic N) is 1. The average Bonchev–Trinajstić information content (AvgIpc) is 2.35. The van der Waals surface area contributed by atoms with Crippen molar-refractivity contribution in [2.45, 2.75) is 18.7 Å². The lowest BCUT2D eigenvalue weighted by Gasteiger charge is -2.09. The number of benzene rings is 1. The molecule has 0 amide bonds. The standard InChI is InChI=1S/C13H15N3O2S/c1-9-3-5-11(6-4-9)16-19(17,18)12-7-10(2)13(14)15-8-12/h3-8,16H,1-2H3,(H2,14,15). The van der Waals surface area contributed by atoms with Gasteiger partial charge in [0.25, 0.3) is 10.0 Å². The fourth-order valence-electron chi connectivity index (χ4n) is 1.54. The monoisotopic (exact) mass is 277 g/mol. The quantitative estimate of drug-likeness (QED) is 0.899. The van der Waals surface area contributed by atoms with Crippen molar-refractivity contribution in [1.82, 2.24) is 4.98 Å². The molecule has 3 N–H and O–H groups in total. The first-order valence-electron chi connectivity index (χ1n) is 5.70. The minimum atomic E-state index is -3.63. The van der Waals surface area contributed by atoms with E-state index < -0.39 is 10.0 Å². The van der Waals surface area contributed by atoms with Crippen LogP contribution in [0.4, 0.5) is 11.5 Å². The van der Waals surface area contributed by atoms with Crippen LogP contribution in [-0.4, -0.2) is 13.4 Å². The Hall–Kier alpha value is -2.08. The van der Waals surface area contributed by atoms with E-state index in [9.17, 15) is 8.42 Å². The van der Waals surface area contributed by atoms with E-state index in [-0.39, 0.29) is 4.90 Å². The predicted octanol–water partition coefficient (Wildman–Crippen LogP) is 2.08. The summed E-state index contributed by atoms with van der Waals surface area (Å²) in [5, 5.41) is 0. The largest absolute Gasteiger partial charge is 0.383 e. The van der Waals surface area contributed by atoms with Gasteiger partial charge in [0.2, 0.25) is 0 Å². The number of pyridine rings is 1. The molecule has 6 heteroatoms. The highest BCUT2D eigenvalue weighted by atomic mass is 32.2. The van der Waals surface area contributed by atoms with E-state index in [1.54, 1.807) is 19.1 Å². The molecule has 1 heterocycles. The maximum atomic E-state index is 12.2. The van der Waals surface area contributed by atoms with Crippen molar-refractivity contribution in [3.05, 3.63) is 47.7 Å². The summed E-state index contributed by atoms with van der Waals surface area (Å²) in [6.45, 7) is 3.65. The second kappa shape index (κ2) is 4.89. The maximum absolute atomic E-state index is 12.2. The van der Waals surface area contributed by atoms with Crippen LogP contribution >= 0.6 is 0 Å². The Kier molecular flexibility index (Phi) is 3.44. The van der Waals surface area contributed by atoms with E-state index in [1.807, 2.05) is 19.1 Å². The Bertz CT molecular complexity index is 694. The molecule has 19 heavy (non-hydrogen) atoms. The fraction of sp³-hybridized carbons (Fsp3) is 0.154. The van der Waals surface area contributed by atoms with Crippen LogP contribution in [0.3, 0.4) is 0 Å². The molecule has 0 aliphatic carbocycles. The van der Waals surface area contributed by atoms with Gasteiger partial charge in [-0.25, -0.2) is 13.4 Å². The molecule has 0 radical (unpaired) electrons. The molecular weight excluding hydrogens is 262 g/mol.